The minimum atomic E-state index is -0.723. The van der Waals surface area contributed by atoms with Crippen LogP contribution < -0.4 is 5.32 Å². The highest BCUT2D eigenvalue weighted by atomic mass is 32.2. The summed E-state index contributed by atoms with van der Waals surface area (Å²) in [7, 11) is 0. The van der Waals surface area contributed by atoms with Gasteiger partial charge in [-0.3, -0.25) is 5.32 Å². The molecule has 6 heteroatoms. The number of hydrogen-bond donors (Lipinski definition) is 1. The van der Waals surface area contributed by atoms with Gasteiger partial charge in [0.25, 0.3) is 0 Å². The summed E-state index contributed by atoms with van der Waals surface area (Å²) in [5, 5.41) is 22.3. The van der Waals surface area contributed by atoms with Crippen LogP contribution in [0.5, 0.6) is 0 Å². The van der Waals surface area contributed by atoms with Crippen molar-refractivity contribution < 1.29 is 0 Å². The zero-order valence-electron chi connectivity index (χ0n) is 12.3. The molecule has 2 aromatic rings. The molecule has 0 aliphatic rings. The molecule has 1 aromatic carbocycles. The van der Waals surface area contributed by atoms with Gasteiger partial charge in [0.15, 0.2) is 4.34 Å². The maximum Gasteiger partial charge on any atom is 0.174 e. The number of hydrogen-bond acceptors (Lipinski definition) is 6. The number of nitrogens with one attached hydrogen (secondary N) is 1. The molecule has 4 nitrogen and oxygen atoms in total. The molecule has 1 unspecified atom stereocenters. The number of aromatic nitrogens is 2. The summed E-state index contributed by atoms with van der Waals surface area (Å²) < 4.78 is 0.897. The fourth-order valence-electron chi connectivity index (χ4n) is 2.06. The number of thioether (sulfide) groups is 1. The quantitative estimate of drug-likeness (QED) is 0.828. The number of nitriles is 1. The van der Waals surface area contributed by atoms with Crippen molar-refractivity contribution in [2.45, 2.75) is 36.7 Å². The number of aryl methyl sites for hydroxylation is 1. The van der Waals surface area contributed by atoms with Crippen LogP contribution in [0.25, 0.3) is 0 Å². The Bertz CT molecular complexity index is 618. The van der Waals surface area contributed by atoms with Crippen LogP contribution in [0.1, 0.15) is 24.4 Å². The molecule has 1 N–H and O–H groups in total. The summed E-state index contributed by atoms with van der Waals surface area (Å²) in [4.78, 5) is 0. The second-order valence-corrected chi connectivity index (χ2v) is 7.46. The normalized spacial score (nSPS) is 13.9. The van der Waals surface area contributed by atoms with E-state index in [0.29, 0.717) is 5.75 Å². The maximum absolute atomic E-state index is 9.80. The van der Waals surface area contributed by atoms with Gasteiger partial charge in [-0.25, -0.2) is 0 Å². The van der Waals surface area contributed by atoms with Gasteiger partial charge in [-0.05, 0) is 26.3 Å². The smallest absolute Gasteiger partial charge is 0.174 e. The Labute approximate surface area is 133 Å². The lowest BCUT2D eigenvalue weighted by Gasteiger charge is -2.30. The largest absolute Gasteiger partial charge is 0.293 e. The fourth-order valence-corrected chi connectivity index (χ4v) is 4.00. The third kappa shape index (κ3) is 4.03. The second-order valence-electron chi connectivity index (χ2n) is 5.06. The number of benzene rings is 1. The Morgan fingerprint density at radius 3 is 2.57 bits per heavy atom. The average molecular weight is 318 g/mol. The van der Waals surface area contributed by atoms with Gasteiger partial charge in [0.05, 0.1) is 6.07 Å². The highest BCUT2D eigenvalue weighted by Crippen LogP contribution is 2.31. The molecule has 1 atom stereocenters. The Balaban J connectivity index is 2.25. The van der Waals surface area contributed by atoms with Crippen LogP contribution in [0.15, 0.2) is 34.7 Å². The zero-order valence-corrected chi connectivity index (χ0v) is 14.0. The minimum Gasteiger partial charge on any atom is -0.293 e. The second kappa shape index (κ2) is 7.03. The Morgan fingerprint density at radius 1 is 1.33 bits per heavy atom. The van der Waals surface area contributed by atoms with E-state index in [1.54, 1.807) is 23.1 Å². The summed E-state index contributed by atoms with van der Waals surface area (Å²) in [6, 6.07) is 12.5. The van der Waals surface area contributed by atoms with E-state index in [9.17, 15) is 5.26 Å². The van der Waals surface area contributed by atoms with Gasteiger partial charge in [-0.15, -0.1) is 10.2 Å². The van der Waals surface area contributed by atoms with Crippen molar-refractivity contribution in [2.75, 3.05) is 5.75 Å². The lowest BCUT2D eigenvalue weighted by Crippen LogP contribution is -2.47. The molecule has 0 fully saturated rings. The van der Waals surface area contributed by atoms with Crippen LogP contribution in [0.3, 0.4) is 0 Å². The molecule has 1 aromatic heterocycles. The minimum absolute atomic E-state index is 0.210. The number of nitrogens with zero attached hydrogens (tertiary/aromatic N) is 3. The third-order valence-corrected chi connectivity index (χ3v) is 5.05. The molecule has 1 heterocycles. The molecule has 0 saturated heterocycles. The van der Waals surface area contributed by atoms with Crippen LogP contribution in [0, 0.1) is 18.3 Å². The predicted octanol–water partition coefficient (Wildman–Crippen LogP) is 3.36. The molecule has 110 valence electrons. The Morgan fingerprint density at radius 2 is 2.05 bits per heavy atom. The molecule has 0 amide bonds. The highest BCUT2D eigenvalue weighted by Gasteiger charge is 2.33. The van der Waals surface area contributed by atoms with E-state index in [4.69, 9.17) is 0 Å². The van der Waals surface area contributed by atoms with E-state index < -0.39 is 5.54 Å². The number of rotatable bonds is 6. The van der Waals surface area contributed by atoms with Gasteiger partial charge in [-0.2, -0.15) is 5.26 Å². The van der Waals surface area contributed by atoms with Crippen LogP contribution in [-0.4, -0.2) is 22.0 Å². The summed E-state index contributed by atoms with van der Waals surface area (Å²) in [5.74, 6) is 0.598. The van der Waals surface area contributed by atoms with Crippen LogP contribution in [0.2, 0.25) is 0 Å². The maximum atomic E-state index is 9.80. The van der Waals surface area contributed by atoms with Gasteiger partial charge >= 0.3 is 0 Å². The van der Waals surface area contributed by atoms with Crippen molar-refractivity contribution >= 4 is 23.1 Å². The summed E-state index contributed by atoms with van der Waals surface area (Å²) in [5.41, 5.74) is 0.259. The monoisotopic (exact) mass is 318 g/mol. The molecule has 0 saturated carbocycles. The molecular formula is C15H18N4S2. The van der Waals surface area contributed by atoms with Gasteiger partial charge < -0.3 is 0 Å². The lowest BCUT2D eigenvalue weighted by atomic mass is 9.92. The first-order valence-electron chi connectivity index (χ1n) is 6.73. The Kier molecular flexibility index (Phi) is 5.34. The first kappa shape index (κ1) is 16.0. The molecular weight excluding hydrogens is 300 g/mol. The molecule has 0 radical (unpaired) electrons. The van der Waals surface area contributed by atoms with E-state index in [0.717, 1.165) is 14.9 Å². The topological polar surface area (TPSA) is 61.6 Å². The summed E-state index contributed by atoms with van der Waals surface area (Å²) >= 11 is 3.13. The SMILES string of the molecule is Cc1nnc(SCC(C#N)(NC(C)C)c2ccccc2)s1. The van der Waals surface area contributed by atoms with Crippen molar-refractivity contribution in [3.8, 4) is 6.07 Å². The van der Waals surface area contributed by atoms with E-state index >= 15 is 0 Å². The average Bonchev–Trinajstić information content (AvgIpc) is 2.90. The van der Waals surface area contributed by atoms with Crippen molar-refractivity contribution in [3.05, 3.63) is 40.9 Å². The van der Waals surface area contributed by atoms with E-state index in [1.165, 1.54) is 0 Å². The summed E-state index contributed by atoms with van der Waals surface area (Å²) in [6.45, 7) is 6.03. The van der Waals surface area contributed by atoms with Gasteiger partial charge in [-0.1, -0.05) is 53.4 Å². The van der Waals surface area contributed by atoms with Crippen molar-refractivity contribution in [3.63, 3.8) is 0 Å². The van der Waals surface area contributed by atoms with E-state index in [1.807, 2.05) is 37.3 Å². The molecule has 0 bridgehead atoms. The summed E-state index contributed by atoms with van der Waals surface area (Å²) in [6.07, 6.45) is 0. The fraction of sp³-hybridized carbons (Fsp3) is 0.400. The molecule has 0 spiro atoms. The van der Waals surface area contributed by atoms with E-state index in [-0.39, 0.29) is 6.04 Å². The van der Waals surface area contributed by atoms with Crippen LogP contribution >= 0.6 is 23.1 Å². The molecule has 0 aliphatic carbocycles. The first-order chi connectivity index (χ1) is 10.1. The highest BCUT2D eigenvalue weighted by molar-refractivity contribution is 8.01. The third-order valence-electron chi connectivity index (χ3n) is 2.91. The van der Waals surface area contributed by atoms with Gasteiger partial charge in [0.2, 0.25) is 0 Å². The standard InChI is InChI=1S/C15H18N4S2/c1-11(2)17-15(9-16,13-7-5-4-6-8-13)10-20-14-19-18-12(3)21-14/h4-8,11,17H,10H2,1-3H3. The zero-order chi connectivity index (χ0) is 15.3. The van der Waals surface area contributed by atoms with Crippen LogP contribution in [-0.2, 0) is 5.54 Å². The van der Waals surface area contributed by atoms with E-state index in [2.05, 4.69) is 35.4 Å². The lowest BCUT2D eigenvalue weighted by molar-refractivity contribution is 0.425. The predicted molar refractivity (Wildman–Crippen MR) is 87.4 cm³/mol. The molecule has 0 aliphatic heterocycles. The molecule has 21 heavy (non-hydrogen) atoms. The van der Waals surface area contributed by atoms with Crippen molar-refractivity contribution in [1.29, 1.82) is 5.26 Å². The van der Waals surface area contributed by atoms with Crippen molar-refractivity contribution in [1.82, 2.24) is 15.5 Å². The molecule has 2 rings (SSSR count). The van der Waals surface area contributed by atoms with Gasteiger partial charge in [0, 0.05) is 11.8 Å². The van der Waals surface area contributed by atoms with Crippen LogP contribution in [0.4, 0.5) is 0 Å². The van der Waals surface area contributed by atoms with Gasteiger partial charge in [0.1, 0.15) is 10.5 Å². The first-order valence-corrected chi connectivity index (χ1v) is 8.53. The Hall–Kier alpha value is -1.42. The van der Waals surface area contributed by atoms with Crippen molar-refractivity contribution in [2.24, 2.45) is 0 Å².